The van der Waals surface area contributed by atoms with Crippen molar-refractivity contribution in [3.63, 3.8) is 0 Å². The van der Waals surface area contributed by atoms with E-state index < -0.39 is 10.0 Å². The number of sulfonamides is 1. The number of carbonyl (C=O) groups is 1. The van der Waals surface area contributed by atoms with Crippen molar-refractivity contribution < 1.29 is 17.9 Å². The van der Waals surface area contributed by atoms with Gasteiger partial charge in [0.05, 0.1) is 21.7 Å². The molecule has 0 unspecified atom stereocenters. The number of fused-ring (bicyclic) bond motifs is 1. The summed E-state index contributed by atoms with van der Waals surface area (Å²) in [5, 5.41) is 5.17. The van der Waals surface area contributed by atoms with Gasteiger partial charge in [0.1, 0.15) is 0 Å². The van der Waals surface area contributed by atoms with Crippen LogP contribution in [0.5, 0.6) is 0 Å². The van der Waals surface area contributed by atoms with Gasteiger partial charge in [0.25, 0.3) is 0 Å². The molecule has 0 saturated carbocycles. The fourth-order valence-electron chi connectivity index (χ4n) is 2.02. The van der Waals surface area contributed by atoms with Crippen LogP contribution in [0.1, 0.15) is 20.3 Å². The molecule has 0 bridgehead atoms. The fraction of sp³-hybridized carbons (Fsp3) is 0.429. The molecule has 9 heteroatoms. The van der Waals surface area contributed by atoms with Gasteiger partial charge in [-0.25, -0.2) is 13.6 Å². The number of rotatable bonds is 6. The van der Waals surface area contributed by atoms with Crippen LogP contribution >= 0.6 is 11.3 Å². The van der Waals surface area contributed by atoms with Gasteiger partial charge in [0.15, 0.2) is 4.80 Å². The third-order valence-corrected chi connectivity index (χ3v) is 5.12. The van der Waals surface area contributed by atoms with Crippen LogP contribution in [-0.2, 0) is 26.1 Å². The van der Waals surface area contributed by atoms with Gasteiger partial charge < -0.3 is 9.30 Å². The lowest BCUT2D eigenvalue weighted by atomic mass is 10.3. The number of primary sulfonamides is 1. The number of ether oxygens (including phenoxy) is 1. The highest BCUT2D eigenvalue weighted by Crippen LogP contribution is 2.21. The van der Waals surface area contributed by atoms with Crippen molar-refractivity contribution in [1.29, 1.82) is 0 Å². The molecule has 126 valence electrons. The van der Waals surface area contributed by atoms with Gasteiger partial charge in [-0.15, -0.1) is 0 Å². The molecule has 0 radical (unpaired) electrons. The molecule has 0 spiro atoms. The Labute approximate surface area is 138 Å². The van der Waals surface area contributed by atoms with Gasteiger partial charge >= 0.3 is 0 Å². The Balaban J connectivity index is 2.60. The van der Waals surface area contributed by atoms with Crippen molar-refractivity contribution in [2.45, 2.75) is 31.7 Å². The minimum absolute atomic E-state index is 0.0385. The lowest BCUT2D eigenvalue weighted by molar-refractivity contribution is -0.117. The highest BCUT2D eigenvalue weighted by Gasteiger charge is 2.13. The Hall–Kier alpha value is -1.55. The van der Waals surface area contributed by atoms with Gasteiger partial charge in [0.2, 0.25) is 15.9 Å². The molecule has 23 heavy (non-hydrogen) atoms. The number of hydrogen-bond acceptors (Lipinski definition) is 5. The van der Waals surface area contributed by atoms with Crippen molar-refractivity contribution in [3.8, 4) is 0 Å². The molecular weight excluding hydrogens is 338 g/mol. The fourth-order valence-corrected chi connectivity index (χ4v) is 3.74. The summed E-state index contributed by atoms with van der Waals surface area (Å²) < 4.78 is 30.9. The molecule has 2 rings (SSSR count). The molecular formula is C14H19N3O4S2. The summed E-state index contributed by atoms with van der Waals surface area (Å²) in [5.74, 6) is -0.228. The van der Waals surface area contributed by atoms with Gasteiger partial charge in [-0.1, -0.05) is 18.3 Å². The van der Waals surface area contributed by atoms with E-state index in [9.17, 15) is 13.2 Å². The Morgan fingerprint density at radius 1 is 1.39 bits per heavy atom. The molecule has 0 aliphatic rings. The number of benzene rings is 1. The van der Waals surface area contributed by atoms with Crippen LogP contribution in [0.3, 0.4) is 0 Å². The van der Waals surface area contributed by atoms with Crippen molar-refractivity contribution in [2.24, 2.45) is 10.1 Å². The molecule has 0 aliphatic heterocycles. The maximum atomic E-state index is 11.6. The van der Waals surface area contributed by atoms with E-state index in [1.165, 1.54) is 23.5 Å². The first kappa shape index (κ1) is 17.8. The second-order valence-corrected chi connectivity index (χ2v) is 7.34. The topological polar surface area (TPSA) is 104 Å². The first-order valence-corrected chi connectivity index (χ1v) is 9.54. The largest absolute Gasteiger partial charge is 0.380 e. The molecule has 1 aromatic carbocycles. The average molecular weight is 357 g/mol. The highest BCUT2D eigenvalue weighted by atomic mass is 32.2. The Morgan fingerprint density at radius 2 is 2.13 bits per heavy atom. The highest BCUT2D eigenvalue weighted by molar-refractivity contribution is 7.89. The summed E-state index contributed by atoms with van der Waals surface area (Å²) in [7, 11) is -3.77. The number of aromatic nitrogens is 1. The Morgan fingerprint density at radius 3 is 2.74 bits per heavy atom. The van der Waals surface area contributed by atoms with Gasteiger partial charge in [0, 0.05) is 19.6 Å². The number of nitrogens with two attached hydrogens (primary N) is 1. The zero-order valence-electron chi connectivity index (χ0n) is 13.0. The molecule has 0 saturated heterocycles. The predicted molar refractivity (Wildman–Crippen MR) is 88.5 cm³/mol. The smallest absolute Gasteiger partial charge is 0.248 e. The second-order valence-electron chi connectivity index (χ2n) is 4.77. The van der Waals surface area contributed by atoms with Crippen LogP contribution in [0, 0.1) is 0 Å². The normalized spacial score (nSPS) is 12.9. The molecule has 0 atom stereocenters. The SMILES string of the molecule is CCOCCn1c(=NC(=O)CC)sc2cc(S(N)(=O)=O)ccc21. The molecule has 1 aromatic heterocycles. The number of carbonyl (C=O) groups excluding carboxylic acids is 1. The van der Waals surface area contributed by atoms with Crippen LogP contribution < -0.4 is 9.94 Å². The molecule has 1 amide bonds. The van der Waals surface area contributed by atoms with E-state index in [4.69, 9.17) is 9.88 Å². The summed E-state index contributed by atoms with van der Waals surface area (Å²) in [5.41, 5.74) is 0.796. The van der Waals surface area contributed by atoms with Crippen molar-refractivity contribution in [2.75, 3.05) is 13.2 Å². The van der Waals surface area contributed by atoms with E-state index in [-0.39, 0.29) is 10.8 Å². The Bertz CT molecular complexity index is 881. The summed E-state index contributed by atoms with van der Waals surface area (Å²) in [4.78, 5) is 16.3. The van der Waals surface area contributed by atoms with E-state index >= 15 is 0 Å². The molecule has 2 aromatic rings. The van der Waals surface area contributed by atoms with Crippen LogP contribution in [0.15, 0.2) is 28.1 Å². The van der Waals surface area contributed by atoms with Crippen LogP contribution in [0.4, 0.5) is 0 Å². The summed E-state index contributed by atoms with van der Waals surface area (Å²) >= 11 is 1.26. The monoisotopic (exact) mass is 357 g/mol. The zero-order chi connectivity index (χ0) is 17.0. The standard InChI is InChI=1S/C14H19N3O4S2/c1-3-13(18)16-14-17(7-8-21-4-2)11-6-5-10(23(15,19)20)9-12(11)22-14/h5-6,9H,3-4,7-8H2,1-2H3,(H2,15,19,20). The number of thiazole rings is 1. The van der Waals surface area contributed by atoms with Crippen LogP contribution in [-0.4, -0.2) is 32.1 Å². The molecule has 1 heterocycles. The lowest BCUT2D eigenvalue weighted by Crippen LogP contribution is -2.19. The second kappa shape index (κ2) is 7.35. The minimum atomic E-state index is -3.77. The maximum Gasteiger partial charge on any atom is 0.248 e. The van der Waals surface area contributed by atoms with E-state index in [2.05, 4.69) is 4.99 Å². The third-order valence-electron chi connectivity index (χ3n) is 3.17. The summed E-state index contributed by atoms with van der Waals surface area (Å²) in [6, 6.07) is 4.63. The number of nitrogens with zero attached hydrogens (tertiary/aromatic N) is 2. The molecule has 7 nitrogen and oxygen atoms in total. The van der Waals surface area contributed by atoms with E-state index in [0.717, 1.165) is 5.52 Å². The van der Waals surface area contributed by atoms with Gasteiger partial charge in [-0.05, 0) is 25.1 Å². The predicted octanol–water partition coefficient (Wildman–Crippen LogP) is 1.22. The zero-order valence-corrected chi connectivity index (χ0v) is 14.6. The molecule has 0 fully saturated rings. The molecule has 0 aliphatic carbocycles. The van der Waals surface area contributed by atoms with E-state index in [0.29, 0.717) is 35.7 Å². The average Bonchev–Trinajstić information content (AvgIpc) is 2.83. The molecule has 2 N–H and O–H groups in total. The van der Waals surface area contributed by atoms with Crippen molar-refractivity contribution in [1.82, 2.24) is 4.57 Å². The van der Waals surface area contributed by atoms with Crippen molar-refractivity contribution in [3.05, 3.63) is 23.0 Å². The van der Waals surface area contributed by atoms with E-state index in [1.807, 2.05) is 11.5 Å². The lowest BCUT2D eigenvalue weighted by Gasteiger charge is -2.05. The van der Waals surface area contributed by atoms with Crippen LogP contribution in [0.25, 0.3) is 10.2 Å². The summed E-state index contributed by atoms with van der Waals surface area (Å²) in [6.07, 6.45) is 0.308. The maximum absolute atomic E-state index is 11.6. The van der Waals surface area contributed by atoms with Crippen molar-refractivity contribution >= 4 is 37.5 Å². The number of amides is 1. The summed E-state index contributed by atoms with van der Waals surface area (Å²) in [6.45, 7) is 5.24. The first-order valence-electron chi connectivity index (χ1n) is 7.18. The van der Waals surface area contributed by atoms with Crippen LogP contribution in [0.2, 0.25) is 0 Å². The third kappa shape index (κ3) is 4.25. The van der Waals surface area contributed by atoms with E-state index in [1.54, 1.807) is 13.0 Å². The van der Waals surface area contributed by atoms with Gasteiger partial charge in [-0.2, -0.15) is 4.99 Å². The van der Waals surface area contributed by atoms with Gasteiger partial charge in [-0.3, -0.25) is 4.79 Å². The number of hydrogen-bond donors (Lipinski definition) is 1. The first-order chi connectivity index (χ1) is 10.9. The minimum Gasteiger partial charge on any atom is -0.380 e. The Kier molecular flexibility index (Phi) is 5.69. The quantitative estimate of drug-likeness (QED) is 0.785.